The van der Waals surface area contributed by atoms with Gasteiger partial charge in [-0.3, -0.25) is 4.79 Å². The molecule has 0 spiro atoms. The van der Waals surface area contributed by atoms with Crippen LogP contribution in [0.3, 0.4) is 0 Å². The van der Waals surface area contributed by atoms with Gasteiger partial charge in [-0.2, -0.15) is 11.8 Å². The lowest BCUT2D eigenvalue weighted by Crippen LogP contribution is -2.18. The van der Waals surface area contributed by atoms with Crippen LogP contribution in [-0.4, -0.2) is 24.0 Å². The molecule has 1 atom stereocenters. The number of benzene rings is 1. The fourth-order valence-electron chi connectivity index (χ4n) is 1.42. The van der Waals surface area contributed by atoms with Gasteiger partial charge < -0.3 is 11.1 Å². The molecule has 0 bridgehead atoms. The van der Waals surface area contributed by atoms with Gasteiger partial charge in [0.15, 0.2) is 0 Å². The van der Waals surface area contributed by atoms with E-state index in [1.807, 2.05) is 19.1 Å². The van der Waals surface area contributed by atoms with Gasteiger partial charge in [0.2, 0.25) is 5.91 Å². The average molecular weight is 410 g/mol. The minimum atomic E-state index is -0.000487. The number of carbonyl (C=O) groups excluding carboxylic acids is 1. The molecule has 1 rings (SSSR count). The summed E-state index contributed by atoms with van der Waals surface area (Å²) in [5.41, 5.74) is 7.45. The molecule has 106 valence electrons. The second-order valence-electron chi connectivity index (χ2n) is 4.51. The van der Waals surface area contributed by atoms with Gasteiger partial charge in [0, 0.05) is 8.95 Å². The van der Waals surface area contributed by atoms with Crippen LogP contribution >= 0.6 is 43.6 Å². The van der Waals surface area contributed by atoms with E-state index in [4.69, 9.17) is 5.73 Å². The second-order valence-corrected chi connectivity index (χ2v) is 7.25. The van der Waals surface area contributed by atoms with Crippen molar-refractivity contribution in [3.63, 3.8) is 0 Å². The Morgan fingerprint density at radius 3 is 2.53 bits per heavy atom. The first-order valence-electron chi connectivity index (χ1n) is 5.97. The highest BCUT2D eigenvalue weighted by atomic mass is 79.9. The number of nitrogens with one attached hydrogen (secondary N) is 1. The van der Waals surface area contributed by atoms with Gasteiger partial charge in [-0.15, -0.1) is 0 Å². The third kappa shape index (κ3) is 5.85. The lowest BCUT2D eigenvalue weighted by molar-refractivity contribution is -0.113. The number of carbonyl (C=O) groups is 1. The van der Waals surface area contributed by atoms with E-state index in [1.54, 1.807) is 11.8 Å². The summed E-state index contributed by atoms with van der Waals surface area (Å²) in [5, 5.41) is 2.91. The SMILES string of the molecule is Cc1cc(Br)c(NC(=O)CSCC(C)CN)c(Br)c1. The maximum Gasteiger partial charge on any atom is 0.234 e. The second kappa shape index (κ2) is 8.29. The number of rotatable bonds is 6. The molecule has 3 nitrogen and oxygen atoms in total. The first kappa shape index (κ1) is 17.0. The Hall–Kier alpha value is -0.0400. The summed E-state index contributed by atoms with van der Waals surface area (Å²) in [6, 6.07) is 3.95. The minimum Gasteiger partial charge on any atom is -0.330 e. The normalized spacial score (nSPS) is 12.3. The monoisotopic (exact) mass is 408 g/mol. The van der Waals surface area contributed by atoms with Crippen LogP contribution in [0, 0.1) is 12.8 Å². The molecule has 1 aromatic carbocycles. The van der Waals surface area contributed by atoms with E-state index in [0.717, 1.165) is 25.9 Å². The number of aryl methyl sites for hydroxylation is 1. The fraction of sp³-hybridized carbons (Fsp3) is 0.462. The van der Waals surface area contributed by atoms with E-state index < -0.39 is 0 Å². The van der Waals surface area contributed by atoms with Crippen LogP contribution in [0.2, 0.25) is 0 Å². The molecule has 0 aromatic heterocycles. The molecule has 0 aliphatic rings. The molecule has 0 saturated heterocycles. The number of amides is 1. The van der Waals surface area contributed by atoms with Crippen molar-refractivity contribution < 1.29 is 4.79 Å². The maximum atomic E-state index is 11.9. The predicted octanol–water partition coefficient (Wildman–Crippen LogP) is 3.79. The van der Waals surface area contributed by atoms with Crippen molar-refractivity contribution >= 4 is 55.2 Å². The van der Waals surface area contributed by atoms with Crippen molar-refractivity contribution in [1.82, 2.24) is 0 Å². The first-order valence-corrected chi connectivity index (χ1v) is 8.71. The van der Waals surface area contributed by atoms with Crippen LogP contribution in [0.25, 0.3) is 0 Å². The summed E-state index contributed by atoms with van der Waals surface area (Å²) in [5.74, 6) is 1.78. The lowest BCUT2D eigenvalue weighted by atomic mass is 10.2. The summed E-state index contributed by atoms with van der Waals surface area (Å²) in [7, 11) is 0. The van der Waals surface area contributed by atoms with Crippen LogP contribution in [0.4, 0.5) is 5.69 Å². The zero-order chi connectivity index (χ0) is 14.4. The van der Waals surface area contributed by atoms with Gasteiger partial charge in [0.05, 0.1) is 11.4 Å². The van der Waals surface area contributed by atoms with E-state index in [2.05, 4.69) is 44.1 Å². The van der Waals surface area contributed by atoms with Gasteiger partial charge in [-0.05, 0) is 74.7 Å². The Bertz CT molecular complexity index is 431. The van der Waals surface area contributed by atoms with Gasteiger partial charge in [0.1, 0.15) is 0 Å². The summed E-state index contributed by atoms with van der Waals surface area (Å²) in [6.07, 6.45) is 0. The van der Waals surface area contributed by atoms with E-state index >= 15 is 0 Å². The van der Waals surface area contributed by atoms with Crippen molar-refractivity contribution in [1.29, 1.82) is 0 Å². The number of anilines is 1. The standard InChI is InChI=1S/C13H18Br2N2OS/c1-8-3-10(14)13(11(15)4-8)17-12(18)7-19-6-9(2)5-16/h3-4,9H,5-7,16H2,1-2H3,(H,17,18). The Morgan fingerprint density at radius 1 is 1.42 bits per heavy atom. The van der Waals surface area contributed by atoms with Crippen molar-refractivity contribution in [2.45, 2.75) is 13.8 Å². The van der Waals surface area contributed by atoms with Gasteiger partial charge in [0.25, 0.3) is 0 Å². The van der Waals surface area contributed by atoms with E-state index in [0.29, 0.717) is 18.2 Å². The van der Waals surface area contributed by atoms with Crippen molar-refractivity contribution in [3.8, 4) is 0 Å². The molecule has 1 aromatic rings. The zero-order valence-corrected chi connectivity index (χ0v) is 15.0. The minimum absolute atomic E-state index is 0.000487. The summed E-state index contributed by atoms with van der Waals surface area (Å²) in [6.45, 7) is 4.74. The number of thioether (sulfide) groups is 1. The smallest absolute Gasteiger partial charge is 0.234 e. The van der Waals surface area contributed by atoms with Crippen LogP contribution < -0.4 is 11.1 Å². The molecule has 1 unspecified atom stereocenters. The molecule has 0 radical (unpaired) electrons. The Morgan fingerprint density at radius 2 is 2.00 bits per heavy atom. The first-order chi connectivity index (χ1) is 8.93. The fourth-order valence-corrected chi connectivity index (χ4v) is 3.94. The number of halogens is 2. The van der Waals surface area contributed by atoms with E-state index in [9.17, 15) is 4.79 Å². The van der Waals surface area contributed by atoms with Gasteiger partial charge in [-0.25, -0.2) is 0 Å². The van der Waals surface area contributed by atoms with Crippen LogP contribution in [-0.2, 0) is 4.79 Å². The molecule has 0 aliphatic carbocycles. The van der Waals surface area contributed by atoms with Crippen molar-refractivity contribution in [3.05, 3.63) is 26.6 Å². The van der Waals surface area contributed by atoms with E-state index in [-0.39, 0.29) is 5.91 Å². The molecule has 19 heavy (non-hydrogen) atoms. The lowest BCUT2D eigenvalue weighted by Gasteiger charge is -2.11. The van der Waals surface area contributed by atoms with Crippen LogP contribution in [0.15, 0.2) is 21.1 Å². The highest BCUT2D eigenvalue weighted by molar-refractivity contribution is 9.11. The molecule has 0 fully saturated rings. The van der Waals surface area contributed by atoms with Crippen LogP contribution in [0.1, 0.15) is 12.5 Å². The summed E-state index contributed by atoms with van der Waals surface area (Å²) >= 11 is 8.53. The molecule has 0 heterocycles. The molecule has 3 N–H and O–H groups in total. The summed E-state index contributed by atoms with van der Waals surface area (Å²) < 4.78 is 1.76. The number of hydrogen-bond donors (Lipinski definition) is 2. The van der Waals surface area contributed by atoms with Crippen LogP contribution in [0.5, 0.6) is 0 Å². The topological polar surface area (TPSA) is 55.1 Å². The third-order valence-corrected chi connectivity index (χ3v) is 5.01. The molecule has 1 amide bonds. The van der Waals surface area contributed by atoms with Gasteiger partial charge >= 0.3 is 0 Å². The molecular formula is C13H18Br2N2OS. The quantitative estimate of drug-likeness (QED) is 0.751. The largest absolute Gasteiger partial charge is 0.330 e. The van der Waals surface area contributed by atoms with E-state index in [1.165, 1.54) is 0 Å². The Kier molecular flexibility index (Phi) is 7.42. The predicted molar refractivity (Wildman–Crippen MR) is 90.8 cm³/mol. The molecule has 6 heteroatoms. The highest BCUT2D eigenvalue weighted by Gasteiger charge is 2.10. The molecule has 0 aliphatic heterocycles. The average Bonchev–Trinajstić information content (AvgIpc) is 2.33. The third-order valence-electron chi connectivity index (χ3n) is 2.49. The number of nitrogens with two attached hydrogens (primary N) is 1. The summed E-state index contributed by atoms with van der Waals surface area (Å²) in [4.78, 5) is 11.9. The zero-order valence-electron chi connectivity index (χ0n) is 11.0. The maximum absolute atomic E-state index is 11.9. The molecule has 0 saturated carbocycles. The Labute approximate surface area is 135 Å². The highest BCUT2D eigenvalue weighted by Crippen LogP contribution is 2.32. The molecular weight excluding hydrogens is 392 g/mol. The van der Waals surface area contributed by atoms with Gasteiger partial charge in [-0.1, -0.05) is 6.92 Å². The van der Waals surface area contributed by atoms with Crippen molar-refractivity contribution in [2.75, 3.05) is 23.4 Å². The Balaban J connectivity index is 2.53. The van der Waals surface area contributed by atoms with Crippen molar-refractivity contribution in [2.24, 2.45) is 11.7 Å². The number of hydrogen-bond acceptors (Lipinski definition) is 3.